The second-order valence-corrected chi connectivity index (χ2v) is 7.55. The van der Waals surface area contributed by atoms with Crippen molar-refractivity contribution in [3.8, 4) is 0 Å². The molecular weight excluding hydrogens is 276 g/mol. The van der Waals surface area contributed by atoms with Gasteiger partial charge < -0.3 is 9.47 Å². The quantitative estimate of drug-likeness (QED) is 0.733. The van der Waals surface area contributed by atoms with Crippen LogP contribution in [0.4, 0.5) is 0 Å². The van der Waals surface area contributed by atoms with Gasteiger partial charge in [-0.25, -0.2) is 0 Å². The molecule has 2 saturated heterocycles. The van der Waals surface area contributed by atoms with Crippen molar-refractivity contribution in [3.63, 3.8) is 0 Å². The van der Waals surface area contributed by atoms with Crippen LogP contribution >= 0.6 is 0 Å². The predicted molar refractivity (Wildman–Crippen MR) is 86.4 cm³/mol. The van der Waals surface area contributed by atoms with Gasteiger partial charge in [0.05, 0.1) is 18.1 Å². The van der Waals surface area contributed by atoms with Crippen molar-refractivity contribution in [2.75, 3.05) is 6.61 Å². The van der Waals surface area contributed by atoms with E-state index in [2.05, 4.69) is 27.4 Å². The highest BCUT2D eigenvalue weighted by atomic mass is 16.7. The Balaban J connectivity index is 1.86. The van der Waals surface area contributed by atoms with Gasteiger partial charge >= 0.3 is 0 Å². The van der Waals surface area contributed by atoms with E-state index < -0.39 is 0 Å². The molecule has 0 aromatic heterocycles. The molecule has 0 N–H and O–H groups in total. The zero-order valence-corrected chi connectivity index (χ0v) is 14.3. The van der Waals surface area contributed by atoms with E-state index in [4.69, 9.17) is 9.47 Å². The fourth-order valence-corrected chi connectivity index (χ4v) is 5.15. The summed E-state index contributed by atoms with van der Waals surface area (Å²) in [6.07, 6.45) is 5.74. The van der Waals surface area contributed by atoms with Gasteiger partial charge in [0.1, 0.15) is 5.78 Å². The number of hydrogen-bond acceptors (Lipinski definition) is 3. The lowest BCUT2D eigenvalue weighted by Crippen LogP contribution is -2.52. The van der Waals surface area contributed by atoms with E-state index in [1.807, 2.05) is 0 Å². The summed E-state index contributed by atoms with van der Waals surface area (Å²) in [5.74, 6) is 1.67. The van der Waals surface area contributed by atoms with Gasteiger partial charge in [0.2, 0.25) is 0 Å². The number of ether oxygens (including phenoxy) is 2. The van der Waals surface area contributed by atoms with E-state index in [1.165, 1.54) is 0 Å². The maximum absolute atomic E-state index is 13.2. The van der Waals surface area contributed by atoms with Crippen molar-refractivity contribution in [3.05, 3.63) is 12.2 Å². The summed E-state index contributed by atoms with van der Waals surface area (Å²) < 4.78 is 12.0. The van der Waals surface area contributed by atoms with E-state index in [9.17, 15) is 4.79 Å². The third-order valence-corrected chi connectivity index (χ3v) is 6.57. The minimum atomic E-state index is -0.297. The van der Waals surface area contributed by atoms with Crippen LogP contribution in [0.25, 0.3) is 0 Å². The Morgan fingerprint density at radius 2 is 2.14 bits per heavy atom. The molecule has 3 aliphatic rings. The van der Waals surface area contributed by atoms with E-state index in [1.54, 1.807) is 0 Å². The Kier molecular flexibility index (Phi) is 4.48. The van der Waals surface area contributed by atoms with Gasteiger partial charge in [0.15, 0.2) is 6.29 Å². The Morgan fingerprint density at radius 1 is 1.36 bits per heavy atom. The first-order valence-corrected chi connectivity index (χ1v) is 8.98. The van der Waals surface area contributed by atoms with Crippen LogP contribution in [0, 0.1) is 23.2 Å². The number of carbonyl (C=O) groups excluding carboxylic acids is 1. The van der Waals surface area contributed by atoms with E-state index in [0.717, 1.165) is 44.3 Å². The Bertz CT molecular complexity index is 446. The second kappa shape index (κ2) is 6.09. The lowest BCUT2D eigenvalue weighted by atomic mass is 9.56. The van der Waals surface area contributed by atoms with Gasteiger partial charge in [-0.05, 0) is 44.4 Å². The molecular formula is C19H30O3. The lowest BCUT2D eigenvalue weighted by molar-refractivity contribution is -0.175. The van der Waals surface area contributed by atoms with Crippen molar-refractivity contribution in [1.82, 2.24) is 0 Å². The molecule has 0 aromatic carbocycles. The smallest absolute Gasteiger partial charge is 0.160 e. The number of rotatable bonds is 4. The lowest BCUT2D eigenvalue weighted by Gasteiger charge is -2.48. The first-order valence-electron chi connectivity index (χ1n) is 8.98. The summed E-state index contributed by atoms with van der Waals surface area (Å²) in [6.45, 7) is 11.4. The molecule has 124 valence electrons. The molecule has 6 atom stereocenters. The predicted octanol–water partition coefficient (Wildman–Crippen LogP) is 4.12. The molecule has 0 unspecified atom stereocenters. The van der Waals surface area contributed by atoms with E-state index >= 15 is 0 Å². The van der Waals surface area contributed by atoms with Gasteiger partial charge in [-0.3, -0.25) is 4.79 Å². The van der Waals surface area contributed by atoms with Crippen LogP contribution < -0.4 is 0 Å². The number of fused-ring (bicyclic) bond motifs is 1. The standard InChI is InChI=1S/C19H30O3/c1-5-15-9-14(12(3)4)10-16(20)19(15,6-2)17-11-13-7-8-21-18(13)22-17/h13-15,17-18H,3,5-11H2,1-2,4H3/t13-,14-,15-,17+,18-,19+/m1/s1. The van der Waals surface area contributed by atoms with Crippen molar-refractivity contribution in [1.29, 1.82) is 0 Å². The van der Waals surface area contributed by atoms with Crippen LogP contribution in [-0.4, -0.2) is 24.8 Å². The normalized spacial score (nSPS) is 45.0. The topological polar surface area (TPSA) is 35.5 Å². The molecule has 2 heterocycles. The summed E-state index contributed by atoms with van der Waals surface area (Å²) in [7, 11) is 0. The third kappa shape index (κ3) is 2.37. The largest absolute Gasteiger partial charge is 0.352 e. The zero-order chi connectivity index (χ0) is 15.9. The van der Waals surface area contributed by atoms with E-state index in [0.29, 0.717) is 30.0 Å². The summed E-state index contributed by atoms with van der Waals surface area (Å²) in [4.78, 5) is 13.2. The maximum Gasteiger partial charge on any atom is 0.160 e. The molecule has 0 amide bonds. The third-order valence-electron chi connectivity index (χ3n) is 6.57. The highest BCUT2D eigenvalue weighted by molar-refractivity contribution is 5.87. The summed E-state index contributed by atoms with van der Waals surface area (Å²) in [5, 5.41) is 0. The number of ketones is 1. The van der Waals surface area contributed by atoms with Crippen LogP contribution in [0.15, 0.2) is 12.2 Å². The molecule has 1 saturated carbocycles. The van der Waals surface area contributed by atoms with Crippen molar-refractivity contribution in [2.24, 2.45) is 23.2 Å². The molecule has 0 aromatic rings. The molecule has 1 aliphatic carbocycles. The fourth-order valence-electron chi connectivity index (χ4n) is 5.15. The molecule has 3 heteroatoms. The summed E-state index contributed by atoms with van der Waals surface area (Å²) >= 11 is 0. The van der Waals surface area contributed by atoms with Gasteiger partial charge in [-0.1, -0.05) is 32.4 Å². The highest BCUT2D eigenvalue weighted by Gasteiger charge is 2.57. The molecule has 0 spiro atoms. The molecule has 2 aliphatic heterocycles. The van der Waals surface area contributed by atoms with Gasteiger partial charge in [0, 0.05) is 12.3 Å². The zero-order valence-electron chi connectivity index (χ0n) is 14.3. The summed E-state index contributed by atoms with van der Waals surface area (Å²) in [6, 6.07) is 0. The number of carbonyl (C=O) groups is 1. The average molecular weight is 306 g/mol. The molecule has 3 rings (SSSR count). The molecule has 22 heavy (non-hydrogen) atoms. The maximum atomic E-state index is 13.2. The van der Waals surface area contributed by atoms with Crippen molar-refractivity contribution in [2.45, 2.75) is 71.7 Å². The Hall–Kier alpha value is -0.670. The van der Waals surface area contributed by atoms with Crippen LogP contribution in [0.3, 0.4) is 0 Å². The second-order valence-electron chi connectivity index (χ2n) is 7.55. The monoisotopic (exact) mass is 306 g/mol. The minimum Gasteiger partial charge on any atom is -0.352 e. The minimum absolute atomic E-state index is 0.0521. The first kappa shape index (κ1) is 16.2. The molecule has 3 fully saturated rings. The number of Topliss-reactive ketones (excluding diaryl/α,β-unsaturated/α-hetero) is 1. The molecule has 3 nitrogen and oxygen atoms in total. The van der Waals surface area contributed by atoms with E-state index in [-0.39, 0.29) is 17.8 Å². The number of hydrogen-bond donors (Lipinski definition) is 0. The van der Waals surface area contributed by atoms with Crippen molar-refractivity contribution >= 4 is 5.78 Å². The van der Waals surface area contributed by atoms with Gasteiger partial charge in [0.25, 0.3) is 0 Å². The van der Waals surface area contributed by atoms with Crippen LogP contribution in [0.5, 0.6) is 0 Å². The Labute approximate surface area is 134 Å². The Morgan fingerprint density at radius 3 is 2.73 bits per heavy atom. The molecule has 0 radical (unpaired) electrons. The van der Waals surface area contributed by atoms with Crippen LogP contribution in [0.1, 0.15) is 59.3 Å². The number of allylic oxidation sites excluding steroid dienone is 1. The SMILES string of the molecule is C=C(C)[C@H]1CC(=O)[C@@](CC)([C@@H]2C[C@H]3CCO[C@@H]3O2)[C@H](CC)C1. The first-order chi connectivity index (χ1) is 10.5. The van der Waals surface area contributed by atoms with Gasteiger partial charge in [-0.2, -0.15) is 0 Å². The molecule has 0 bridgehead atoms. The van der Waals surface area contributed by atoms with Crippen LogP contribution in [0.2, 0.25) is 0 Å². The summed E-state index contributed by atoms with van der Waals surface area (Å²) in [5.41, 5.74) is 0.859. The van der Waals surface area contributed by atoms with Crippen LogP contribution in [-0.2, 0) is 14.3 Å². The van der Waals surface area contributed by atoms with Crippen molar-refractivity contribution < 1.29 is 14.3 Å². The van der Waals surface area contributed by atoms with Gasteiger partial charge in [-0.15, -0.1) is 0 Å². The fraction of sp³-hybridized carbons (Fsp3) is 0.842. The average Bonchev–Trinajstić information content (AvgIpc) is 3.07. The highest BCUT2D eigenvalue weighted by Crippen LogP contribution is 2.54.